The van der Waals surface area contributed by atoms with Gasteiger partial charge in [-0.05, 0) is 31.6 Å². The molecule has 0 aliphatic heterocycles. The second kappa shape index (κ2) is 2.99. The van der Waals surface area contributed by atoms with Crippen LogP contribution in [0, 0.1) is 22.7 Å². The minimum Gasteiger partial charge on any atom is -0.480 e. The van der Waals surface area contributed by atoms with Gasteiger partial charge < -0.3 is 10.2 Å². The first kappa shape index (κ1) is 11.4. The molecule has 4 saturated carbocycles. The molecule has 0 spiro atoms. The molecule has 4 bridgehead atoms. The Labute approximate surface area is 102 Å². The molecule has 0 saturated heterocycles. The van der Waals surface area contributed by atoms with Gasteiger partial charge in [0.1, 0.15) is 5.41 Å². The van der Waals surface area contributed by atoms with Crippen LogP contribution in [0.4, 0.5) is 0 Å². The molecule has 18 heavy (non-hydrogen) atoms. The van der Waals surface area contributed by atoms with Crippen LogP contribution in [0.3, 0.4) is 0 Å². The van der Waals surface area contributed by atoms with Crippen molar-refractivity contribution in [3.8, 4) is 0 Å². The van der Waals surface area contributed by atoms with Gasteiger partial charge in [0.25, 0.3) is 0 Å². The maximum absolute atomic E-state index is 12.3. The summed E-state index contributed by atoms with van der Waals surface area (Å²) >= 11 is 0. The van der Waals surface area contributed by atoms with Crippen molar-refractivity contribution in [2.45, 2.75) is 25.7 Å². The third kappa shape index (κ3) is 0.958. The summed E-state index contributed by atoms with van der Waals surface area (Å²) in [5.41, 5.74) is -3.72. The quantitative estimate of drug-likeness (QED) is 0.674. The van der Waals surface area contributed by atoms with Gasteiger partial charge in [-0.15, -0.1) is 0 Å². The Balaban J connectivity index is 2.22. The zero-order chi connectivity index (χ0) is 13.3. The fourth-order valence-electron chi connectivity index (χ4n) is 4.16. The average Bonchev–Trinajstić information content (AvgIpc) is 2.30. The Hall–Kier alpha value is -1.72. The highest BCUT2D eigenvalue weighted by atomic mass is 16.4. The summed E-state index contributed by atoms with van der Waals surface area (Å²) in [5.74, 6) is -4.95. The SMILES string of the molecule is O=C(O)C12CC3CC(C1)C(=O)C(C(=O)O)(C3)C2=O. The van der Waals surface area contributed by atoms with Crippen LogP contribution in [0.15, 0.2) is 0 Å². The van der Waals surface area contributed by atoms with E-state index in [4.69, 9.17) is 0 Å². The van der Waals surface area contributed by atoms with Gasteiger partial charge in [0.2, 0.25) is 0 Å². The molecule has 96 valence electrons. The van der Waals surface area contributed by atoms with Crippen LogP contribution in [0.25, 0.3) is 0 Å². The third-order valence-corrected chi connectivity index (χ3v) is 4.83. The van der Waals surface area contributed by atoms with Crippen molar-refractivity contribution in [3.63, 3.8) is 0 Å². The summed E-state index contributed by atoms with van der Waals surface area (Å²) < 4.78 is 0. The summed E-state index contributed by atoms with van der Waals surface area (Å²) in [6.07, 6.45) is 0.660. The molecular formula is C12H12O6. The number of carboxylic acid groups (broad SMARTS) is 2. The van der Waals surface area contributed by atoms with E-state index in [1.54, 1.807) is 0 Å². The lowest BCUT2D eigenvalue weighted by molar-refractivity contribution is -0.190. The zero-order valence-electron chi connectivity index (χ0n) is 9.51. The first-order valence-electron chi connectivity index (χ1n) is 5.90. The summed E-state index contributed by atoms with van der Waals surface area (Å²) in [6, 6.07) is 0. The number of Topliss-reactive ketones (excluding diaryl/α,β-unsaturated/α-hetero) is 2. The molecule has 2 N–H and O–H groups in total. The maximum atomic E-state index is 12.3. The smallest absolute Gasteiger partial charge is 0.324 e. The Morgan fingerprint density at radius 2 is 1.72 bits per heavy atom. The second-order valence-corrected chi connectivity index (χ2v) is 5.70. The largest absolute Gasteiger partial charge is 0.480 e. The molecule has 4 atom stereocenters. The van der Waals surface area contributed by atoms with E-state index < -0.39 is 40.3 Å². The van der Waals surface area contributed by atoms with Crippen LogP contribution in [-0.2, 0) is 19.2 Å². The number of hydrogen-bond donors (Lipinski definition) is 2. The lowest BCUT2D eigenvalue weighted by Gasteiger charge is -2.55. The predicted octanol–water partition coefficient (Wildman–Crippen LogP) is 0.100. The van der Waals surface area contributed by atoms with Crippen molar-refractivity contribution in [2.24, 2.45) is 22.7 Å². The second-order valence-electron chi connectivity index (χ2n) is 5.70. The molecule has 4 unspecified atom stereocenters. The first-order chi connectivity index (χ1) is 8.34. The standard InChI is InChI=1S/C12H12O6/c13-7-6-1-5-2-11(4-6,9(15)16)8(14)12(7,3-5)10(17)18/h5-6H,1-4H2,(H,15,16)(H,17,18). The molecule has 0 heterocycles. The Kier molecular flexibility index (Phi) is 1.89. The molecule has 0 amide bonds. The predicted molar refractivity (Wildman–Crippen MR) is 55.6 cm³/mol. The van der Waals surface area contributed by atoms with Crippen LogP contribution in [0.1, 0.15) is 25.7 Å². The van der Waals surface area contributed by atoms with E-state index in [1.165, 1.54) is 0 Å². The van der Waals surface area contributed by atoms with E-state index >= 15 is 0 Å². The molecule has 6 nitrogen and oxygen atoms in total. The summed E-state index contributed by atoms with van der Waals surface area (Å²) in [4.78, 5) is 47.3. The van der Waals surface area contributed by atoms with E-state index in [-0.39, 0.29) is 25.2 Å². The van der Waals surface area contributed by atoms with Crippen molar-refractivity contribution < 1.29 is 29.4 Å². The van der Waals surface area contributed by atoms with Crippen molar-refractivity contribution in [2.75, 3.05) is 0 Å². The van der Waals surface area contributed by atoms with Gasteiger partial charge in [-0.2, -0.15) is 0 Å². The Morgan fingerprint density at radius 3 is 2.28 bits per heavy atom. The highest BCUT2D eigenvalue weighted by Crippen LogP contribution is 2.61. The average molecular weight is 252 g/mol. The van der Waals surface area contributed by atoms with Crippen molar-refractivity contribution >= 4 is 23.5 Å². The van der Waals surface area contributed by atoms with Gasteiger partial charge in [-0.3, -0.25) is 19.2 Å². The number of hydrogen-bond acceptors (Lipinski definition) is 4. The molecule has 0 radical (unpaired) electrons. The molecule has 0 aromatic rings. The fourth-order valence-corrected chi connectivity index (χ4v) is 4.16. The summed E-state index contributed by atoms with van der Waals surface area (Å²) in [5, 5.41) is 18.6. The van der Waals surface area contributed by atoms with Gasteiger partial charge in [-0.1, -0.05) is 0 Å². The van der Waals surface area contributed by atoms with Gasteiger partial charge in [0, 0.05) is 5.92 Å². The lowest BCUT2D eigenvalue weighted by Crippen LogP contribution is -2.69. The normalized spacial score (nSPS) is 45.3. The highest BCUT2D eigenvalue weighted by molar-refractivity contribution is 6.29. The molecule has 4 aliphatic carbocycles. The molecule has 0 aromatic carbocycles. The number of aliphatic carboxylic acids is 2. The first-order valence-corrected chi connectivity index (χ1v) is 5.90. The lowest BCUT2D eigenvalue weighted by atomic mass is 9.43. The summed E-state index contributed by atoms with van der Waals surface area (Å²) in [6.45, 7) is 0. The molecule has 4 fully saturated rings. The topological polar surface area (TPSA) is 109 Å². The van der Waals surface area contributed by atoms with Crippen LogP contribution in [0.2, 0.25) is 0 Å². The minimum absolute atomic E-state index is 0.0223. The third-order valence-electron chi connectivity index (χ3n) is 4.83. The van der Waals surface area contributed by atoms with Crippen molar-refractivity contribution in [1.82, 2.24) is 0 Å². The van der Waals surface area contributed by atoms with Crippen molar-refractivity contribution in [1.29, 1.82) is 0 Å². The van der Waals surface area contributed by atoms with Crippen molar-refractivity contribution in [3.05, 3.63) is 0 Å². The van der Waals surface area contributed by atoms with E-state index in [1.807, 2.05) is 0 Å². The Bertz CT molecular complexity index is 509. The number of carbonyl (C=O) groups is 4. The van der Waals surface area contributed by atoms with E-state index in [9.17, 15) is 29.4 Å². The number of carbonyl (C=O) groups excluding carboxylic acids is 2. The van der Waals surface area contributed by atoms with Gasteiger partial charge >= 0.3 is 11.9 Å². The molecule has 6 heteroatoms. The van der Waals surface area contributed by atoms with Gasteiger partial charge in [0.05, 0.1) is 0 Å². The Morgan fingerprint density at radius 1 is 1.06 bits per heavy atom. The fraction of sp³-hybridized carbons (Fsp3) is 0.667. The minimum atomic E-state index is -2.08. The van der Waals surface area contributed by atoms with E-state index in [0.717, 1.165) is 0 Å². The molecular weight excluding hydrogens is 240 g/mol. The van der Waals surface area contributed by atoms with Gasteiger partial charge in [0.15, 0.2) is 17.0 Å². The zero-order valence-corrected chi connectivity index (χ0v) is 9.51. The molecule has 4 rings (SSSR count). The van der Waals surface area contributed by atoms with E-state index in [0.29, 0.717) is 6.42 Å². The van der Waals surface area contributed by atoms with Gasteiger partial charge in [-0.25, -0.2) is 0 Å². The van der Waals surface area contributed by atoms with Crippen LogP contribution in [0.5, 0.6) is 0 Å². The number of ketones is 2. The monoisotopic (exact) mass is 252 g/mol. The highest BCUT2D eigenvalue weighted by Gasteiger charge is 2.74. The maximum Gasteiger partial charge on any atom is 0.324 e. The van der Waals surface area contributed by atoms with E-state index in [2.05, 4.69) is 0 Å². The molecule has 4 aliphatic rings. The summed E-state index contributed by atoms with van der Waals surface area (Å²) in [7, 11) is 0. The van der Waals surface area contributed by atoms with Crippen LogP contribution < -0.4 is 0 Å². The van der Waals surface area contributed by atoms with Crippen LogP contribution >= 0.6 is 0 Å². The number of rotatable bonds is 2. The molecule has 0 aromatic heterocycles. The number of carboxylic acids is 2. The van der Waals surface area contributed by atoms with Crippen LogP contribution in [-0.4, -0.2) is 33.7 Å².